The predicted octanol–water partition coefficient (Wildman–Crippen LogP) is 1.64. The number of hydroxylamine groups is 1. The number of hydrogen-bond acceptors (Lipinski definition) is 30. The van der Waals surface area contributed by atoms with Crippen molar-refractivity contribution in [2.45, 2.75) is 170 Å². The highest BCUT2D eigenvalue weighted by Crippen LogP contribution is 2.50. The van der Waals surface area contributed by atoms with Gasteiger partial charge in [0.2, 0.25) is 59.3 Å². The Bertz CT molecular complexity index is 5380. The highest BCUT2D eigenvalue weighted by Gasteiger charge is 2.52. The first kappa shape index (κ1) is 93.0. The normalized spacial score (nSPS) is 25.9. The molecule has 21 N–H and O–H groups in total. The summed E-state index contributed by atoms with van der Waals surface area (Å²) in [6, 6.07) is 8.01. The van der Waals surface area contributed by atoms with Crippen LogP contribution in [0.15, 0.2) is 126 Å². The number of carbonyl (C=O) groups is 9. The number of likely N-dealkylation sites (N-methyl/N-ethyl adjacent to an activating group) is 1. The molecule has 42 heteroatoms. The fourth-order valence-corrected chi connectivity index (χ4v) is 15.6. The minimum atomic E-state index is -2.39. The maximum Gasteiger partial charge on any atom is 0.349 e. The average Bonchev–Trinajstić information content (AvgIpc) is 0.765. The lowest BCUT2D eigenvalue weighted by atomic mass is 9.85. The number of fused-ring (bicyclic) bond motifs is 15. The number of aliphatic hydroxyl groups excluding tert-OH is 6. The van der Waals surface area contributed by atoms with Gasteiger partial charge in [0.1, 0.15) is 107 Å². The number of primary amides is 1. The van der Waals surface area contributed by atoms with E-state index in [9.17, 15) is 69.9 Å². The van der Waals surface area contributed by atoms with Crippen LogP contribution in [0.1, 0.15) is 118 Å². The molecular weight excluding hydrogens is 1690 g/mol. The summed E-state index contributed by atoms with van der Waals surface area (Å²) in [4.78, 5) is 155. The Balaban J connectivity index is 0.983. The molecule has 2 saturated heterocycles. The van der Waals surface area contributed by atoms with Crippen LogP contribution >= 0.6 is 23.2 Å². The molecule has 0 radical (unpaired) electrons. The molecule has 0 aliphatic carbocycles. The SMILES string of the molecule is CCOc1ccc(/C=C/C(=O)Nc2ccn(CCNC3(C)CC(OC4C(Oc5c6cc7cc5Oc5ccc(cc5Cl)C(O)C5NC(=O)C(NC(=O)C7NC(=O)C(CC(N)=O)NC(=O)C(NC(=O)C(CC(C)C)NC)C(O)c7ccc(c(Cl)c7)O6)c6ccc(O)c(c6)-c6c(O)cc(O)cc6C(C(=O)NOC)NC5=O)OC(CO)C(O)C4O)OC(C)C3O)c(=O)n2)cc1. The molecule has 6 aromatic carbocycles. The standard InChI is InChI=1S/C84H95Cl2N13O27/c1-8-120-44-15-9-38(10-16-44)11-20-60(105)91-59-21-23-99(83(118)92-59)24-22-89-84(5)34-61(121-37(4)74(84)110)125-73-71(109)70(108)57(35-100)124-82(73)126-72-55-29-42-30-56(72)123-54-19-14-41(28-48(54)86)69(107)67-80(116)95-65(81(117)98-119-7)46-31-43(101)32-52(103)62(46)45-26-39(12-17-51(45)102)63(77(113)97-67)94-78(114)64(42)93-76(112)50(33-58(87)104)90-79(115)66(96-75(111)49(88-6)25-36(2)3)68(106)40-13-18-53(122-55)47(85)27-40/h9-21,23,26-32,36-37,49-50,57,61,63-71,73-74,82,88-89,100-103,106-110H,8,22,24-25,33-35H2,1-7H3,(H2,87,104)(H,90,115)(H,93,112)(H,94,114)(H,95,116)(H,96,111)(H,97,113)(H,98,117)(H,91,92,105,118)/b20-11+. The van der Waals surface area contributed by atoms with Gasteiger partial charge in [-0.1, -0.05) is 67.4 Å². The number of aromatic hydroxyl groups is 3. The molecule has 0 saturated carbocycles. The summed E-state index contributed by atoms with van der Waals surface area (Å²) in [5, 5.41) is 129. The van der Waals surface area contributed by atoms with Crippen molar-refractivity contribution in [3.8, 4) is 62.9 Å². The van der Waals surface area contributed by atoms with Crippen molar-refractivity contribution in [1.82, 2.24) is 57.6 Å². The van der Waals surface area contributed by atoms with Crippen molar-refractivity contribution in [2.24, 2.45) is 11.7 Å². The van der Waals surface area contributed by atoms with Gasteiger partial charge in [-0.05, 0) is 152 Å². The molecule has 7 aliphatic heterocycles. The number of hydrogen-bond donors (Lipinski definition) is 20. The van der Waals surface area contributed by atoms with Crippen LogP contribution in [0.3, 0.4) is 0 Å². The Morgan fingerprint density at radius 3 is 2.02 bits per heavy atom. The minimum absolute atomic E-state index is 0.0322. The van der Waals surface area contributed by atoms with Gasteiger partial charge in [0.05, 0.1) is 55.0 Å². The van der Waals surface area contributed by atoms with E-state index in [4.69, 9.17) is 66.9 Å². The summed E-state index contributed by atoms with van der Waals surface area (Å²) in [6.07, 6.45) is -15.2. The number of phenols is 3. The maximum atomic E-state index is 16.3. The third-order valence-electron chi connectivity index (χ3n) is 21.6. The molecule has 9 amide bonds. The van der Waals surface area contributed by atoms with E-state index in [0.717, 1.165) is 73.8 Å². The number of amides is 9. The number of ether oxygens (including phenoxy) is 7. The summed E-state index contributed by atoms with van der Waals surface area (Å²) < 4.78 is 46.1. The fraction of sp³-hybridized carbons (Fsp3) is 0.393. The van der Waals surface area contributed by atoms with Gasteiger partial charge in [-0.15, -0.1) is 0 Å². The molecule has 2 fully saturated rings. The minimum Gasteiger partial charge on any atom is -0.508 e. The van der Waals surface area contributed by atoms with Gasteiger partial charge >= 0.3 is 5.69 Å². The molecule has 0 spiro atoms. The number of halogens is 2. The first-order valence-corrected chi connectivity index (χ1v) is 40.5. The number of anilines is 1. The van der Waals surface area contributed by atoms with Crippen LogP contribution in [0.4, 0.5) is 5.82 Å². The van der Waals surface area contributed by atoms with E-state index in [-0.39, 0.29) is 60.1 Å². The van der Waals surface area contributed by atoms with Crippen molar-refractivity contribution in [3.63, 3.8) is 0 Å². The van der Waals surface area contributed by atoms with Gasteiger partial charge in [0.15, 0.2) is 23.9 Å². The number of nitrogens with zero attached hydrogens (tertiary/aromatic N) is 2. The lowest BCUT2D eigenvalue weighted by Gasteiger charge is -2.48. The Labute approximate surface area is 728 Å². The Morgan fingerprint density at radius 1 is 0.738 bits per heavy atom. The first-order chi connectivity index (χ1) is 60.0. The van der Waals surface area contributed by atoms with Gasteiger partial charge in [0.25, 0.3) is 5.91 Å². The van der Waals surface area contributed by atoms with Crippen LogP contribution in [-0.4, -0.2) is 222 Å². The largest absolute Gasteiger partial charge is 0.508 e. The lowest BCUT2D eigenvalue weighted by Crippen LogP contribution is -2.65. The molecule has 18 atom stereocenters. The molecule has 8 heterocycles. The third-order valence-corrected chi connectivity index (χ3v) is 22.2. The quantitative estimate of drug-likeness (QED) is 0.0320. The summed E-state index contributed by atoms with van der Waals surface area (Å²) in [6.45, 7) is 7.95. The van der Waals surface area contributed by atoms with Crippen molar-refractivity contribution in [3.05, 3.63) is 175 Å². The summed E-state index contributed by atoms with van der Waals surface area (Å²) >= 11 is 14.4. The zero-order valence-electron chi connectivity index (χ0n) is 68.6. The van der Waals surface area contributed by atoms with Crippen LogP contribution in [-0.2, 0) is 68.7 Å². The second-order valence-electron chi connectivity index (χ2n) is 31.0. The second-order valence-corrected chi connectivity index (χ2v) is 31.8. The van der Waals surface area contributed by atoms with Crippen molar-refractivity contribution >= 4 is 88.3 Å². The number of benzene rings is 6. The highest BCUT2D eigenvalue weighted by atomic mass is 35.5. The van der Waals surface area contributed by atoms with Crippen LogP contribution < -0.4 is 83.7 Å². The molecule has 672 valence electrons. The van der Waals surface area contributed by atoms with E-state index >= 15 is 24.0 Å². The zero-order valence-corrected chi connectivity index (χ0v) is 70.1. The monoisotopic (exact) mass is 1790 g/mol. The number of rotatable bonds is 23. The van der Waals surface area contributed by atoms with E-state index in [1.54, 1.807) is 37.3 Å². The summed E-state index contributed by atoms with van der Waals surface area (Å²) in [7, 11) is 2.50. The Morgan fingerprint density at radius 2 is 1.39 bits per heavy atom. The third kappa shape index (κ3) is 21.2. The molecule has 11 bridgehead atoms. The van der Waals surface area contributed by atoms with Crippen molar-refractivity contribution in [1.29, 1.82) is 0 Å². The molecule has 18 unspecified atom stereocenters. The van der Waals surface area contributed by atoms with Gasteiger partial charge in [-0.3, -0.25) is 52.6 Å². The summed E-state index contributed by atoms with van der Waals surface area (Å²) in [5.41, 5.74) is 3.75. The van der Waals surface area contributed by atoms with Crippen LogP contribution in [0.25, 0.3) is 17.2 Å². The highest BCUT2D eigenvalue weighted by molar-refractivity contribution is 6.32. The molecule has 14 rings (SSSR count). The number of carbonyl (C=O) groups excluding carboxylic acids is 9. The second kappa shape index (κ2) is 40.0. The van der Waals surface area contributed by atoms with Gasteiger partial charge < -0.3 is 133 Å². The maximum absolute atomic E-state index is 16.3. The first-order valence-electron chi connectivity index (χ1n) is 39.8. The smallest absolute Gasteiger partial charge is 0.349 e. The molecule has 7 aliphatic rings. The van der Waals surface area contributed by atoms with Crippen molar-refractivity contribution in [2.75, 3.05) is 39.2 Å². The van der Waals surface area contributed by atoms with Crippen LogP contribution in [0, 0.1) is 5.92 Å². The van der Waals surface area contributed by atoms with E-state index < -0.39 is 254 Å². The van der Waals surface area contributed by atoms with Gasteiger partial charge in [0, 0.05) is 54.5 Å². The van der Waals surface area contributed by atoms with E-state index in [2.05, 4.69) is 58.3 Å². The molecular formula is C84H95Cl2N13O27. The topological polar surface area (TPSA) is 591 Å². The zero-order chi connectivity index (χ0) is 91.0. The van der Waals surface area contributed by atoms with Gasteiger partial charge in [-0.2, -0.15) is 4.98 Å². The van der Waals surface area contributed by atoms with Gasteiger partial charge in [-0.25, -0.2) is 10.3 Å². The fourth-order valence-electron chi connectivity index (χ4n) is 15.1. The van der Waals surface area contributed by atoms with E-state index in [0.29, 0.717) is 17.9 Å². The van der Waals surface area contributed by atoms with Crippen molar-refractivity contribution < 1.29 is 127 Å². The number of nitrogens with one attached hydrogen (secondary N) is 10. The van der Waals surface area contributed by atoms with Crippen LogP contribution in [0.5, 0.6) is 51.7 Å². The van der Waals surface area contributed by atoms with E-state index in [1.165, 1.54) is 49.0 Å². The predicted molar refractivity (Wildman–Crippen MR) is 444 cm³/mol. The molecule has 7 aromatic rings. The summed E-state index contributed by atoms with van der Waals surface area (Å²) in [5.74, 6) is -15.4. The molecule has 40 nitrogen and oxygen atoms in total. The number of aliphatic hydroxyl groups is 6. The number of phenolic OH excluding ortho intramolecular Hbond substituents is 3. The van der Waals surface area contributed by atoms with E-state index in [1.807, 2.05) is 20.8 Å². The average molecular weight is 1790 g/mol. The Hall–Kier alpha value is -12.1. The lowest BCUT2D eigenvalue weighted by molar-refractivity contribution is -0.334. The molecule has 1 aromatic heterocycles. The number of nitrogens with two attached hydrogens (primary N) is 1. The Kier molecular flexibility index (Phi) is 29.6. The number of aromatic nitrogens is 2. The van der Waals surface area contributed by atoms with Crippen LogP contribution in [0.2, 0.25) is 10.0 Å². The molecule has 126 heavy (non-hydrogen) atoms.